The number of nitrogens with one attached hydrogen (secondary N) is 1. The molecule has 0 bridgehead atoms. The van der Waals surface area contributed by atoms with E-state index in [-0.39, 0.29) is 17.3 Å². The lowest BCUT2D eigenvalue weighted by molar-refractivity contribution is -0.117. The quantitative estimate of drug-likeness (QED) is 0.848. The molecule has 19 heavy (non-hydrogen) atoms. The van der Waals surface area contributed by atoms with Crippen molar-refractivity contribution in [2.45, 2.75) is 12.8 Å². The topological polar surface area (TPSA) is 82.5 Å². The molecule has 6 heteroatoms. The van der Waals surface area contributed by atoms with E-state index in [0.717, 1.165) is 19.5 Å². The van der Waals surface area contributed by atoms with Gasteiger partial charge in [-0.2, -0.15) is 0 Å². The molecule has 6 nitrogen and oxygen atoms in total. The summed E-state index contributed by atoms with van der Waals surface area (Å²) in [5.41, 5.74) is 0.117. The van der Waals surface area contributed by atoms with Crippen LogP contribution in [0.4, 0.5) is 5.82 Å². The van der Waals surface area contributed by atoms with Crippen LogP contribution in [0.3, 0.4) is 0 Å². The zero-order valence-electron chi connectivity index (χ0n) is 10.8. The fourth-order valence-corrected chi connectivity index (χ4v) is 2.28. The van der Waals surface area contributed by atoms with Crippen molar-refractivity contribution >= 4 is 17.7 Å². The first kappa shape index (κ1) is 13.5. The molecule has 1 aliphatic rings. The Morgan fingerprint density at radius 2 is 2.37 bits per heavy atom. The van der Waals surface area contributed by atoms with Crippen LogP contribution in [0.1, 0.15) is 23.2 Å². The highest BCUT2D eigenvalue weighted by atomic mass is 16.4. The van der Waals surface area contributed by atoms with Gasteiger partial charge in [-0.25, -0.2) is 9.78 Å². The summed E-state index contributed by atoms with van der Waals surface area (Å²) in [6.07, 6.45) is 2.85. The van der Waals surface area contributed by atoms with E-state index in [4.69, 9.17) is 5.11 Å². The molecule has 102 valence electrons. The molecule has 1 fully saturated rings. The van der Waals surface area contributed by atoms with E-state index >= 15 is 0 Å². The van der Waals surface area contributed by atoms with Crippen LogP contribution < -0.4 is 5.32 Å². The number of pyridine rings is 1. The standard InChI is InChI=1S/C13H17N3O3/c1-16-5-3-9(8-16)6-12(17)15-11-7-10(13(18)19)2-4-14-11/h2,4,7,9H,3,5-6,8H2,1H3,(H,18,19)(H,14,15,17). The van der Waals surface area contributed by atoms with Gasteiger partial charge in [0.25, 0.3) is 0 Å². The number of carbonyl (C=O) groups is 2. The van der Waals surface area contributed by atoms with Crippen molar-refractivity contribution in [3.05, 3.63) is 23.9 Å². The van der Waals surface area contributed by atoms with Gasteiger partial charge in [0.05, 0.1) is 5.56 Å². The van der Waals surface area contributed by atoms with E-state index in [0.29, 0.717) is 12.3 Å². The van der Waals surface area contributed by atoms with Gasteiger partial charge in [0.15, 0.2) is 0 Å². The number of carboxylic acids is 1. The van der Waals surface area contributed by atoms with Crippen molar-refractivity contribution in [2.75, 3.05) is 25.5 Å². The number of amides is 1. The third-order valence-electron chi connectivity index (χ3n) is 3.24. The monoisotopic (exact) mass is 263 g/mol. The van der Waals surface area contributed by atoms with Crippen LogP contribution in [-0.4, -0.2) is 47.0 Å². The minimum absolute atomic E-state index is 0.115. The van der Waals surface area contributed by atoms with Crippen LogP contribution in [0, 0.1) is 5.92 Å². The maximum Gasteiger partial charge on any atom is 0.335 e. The number of nitrogens with zero attached hydrogens (tertiary/aromatic N) is 2. The summed E-state index contributed by atoms with van der Waals surface area (Å²) in [5.74, 6) is -0.491. The third-order valence-corrected chi connectivity index (χ3v) is 3.24. The van der Waals surface area contributed by atoms with Crippen molar-refractivity contribution in [3.63, 3.8) is 0 Å². The average Bonchev–Trinajstić information content (AvgIpc) is 2.74. The van der Waals surface area contributed by atoms with Gasteiger partial charge in [0, 0.05) is 19.2 Å². The van der Waals surface area contributed by atoms with Gasteiger partial charge in [-0.3, -0.25) is 4.79 Å². The van der Waals surface area contributed by atoms with E-state index in [2.05, 4.69) is 15.2 Å². The Hall–Kier alpha value is -1.95. The summed E-state index contributed by atoms with van der Waals surface area (Å²) in [5, 5.41) is 11.5. The number of carbonyl (C=O) groups excluding carboxylic acids is 1. The summed E-state index contributed by atoms with van der Waals surface area (Å²) in [7, 11) is 2.04. The van der Waals surface area contributed by atoms with Gasteiger partial charge in [-0.1, -0.05) is 0 Å². The highest BCUT2D eigenvalue weighted by Crippen LogP contribution is 2.18. The highest BCUT2D eigenvalue weighted by molar-refractivity contribution is 5.92. The SMILES string of the molecule is CN1CCC(CC(=O)Nc2cc(C(=O)O)ccn2)C1. The van der Waals surface area contributed by atoms with Gasteiger partial charge in [0.2, 0.25) is 5.91 Å². The Morgan fingerprint density at radius 1 is 1.58 bits per heavy atom. The molecule has 0 spiro atoms. The molecule has 0 aromatic carbocycles. The molecule has 0 radical (unpaired) electrons. The number of carboxylic acid groups (broad SMARTS) is 1. The molecule has 1 unspecified atom stereocenters. The lowest BCUT2D eigenvalue weighted by Crippen LogP contribution is -2.20. The van der Waals surface area contributed by atoms with Crippen LogP contribution in [0.25, 0.3) is 0 Å². The number of aromatic carboxylic acids is 1. The van der Waals surface area contributed by atoms with Crippen LogP contribution in [0.2, 0.25) is 0 Å². The second-order valence-electron chi connectivity index (χ2n) is 4.90. The Bertz CT molecular complexity index is 490. The number of aromatic nitrogens is 1. The second-order valence-corrected chi connectivity index (χ2v) is 4.90. The van der Waals surface area contributed by atoms with Gasteiger partial charge < -0.3 is 15.3 Å². The Labute approximate surface area is 111 Å². The Morgan fingerprint density at radius 3 is 3.00 bits per heavy atom. The summed E-state index contributed by atoms with van der Waals surface area (Å²) in [4.78, 5) is 28.8. The Balaban J connectivity index is 1.91. The van der Waals surface area contributed by atoms with Crippen LogP contribution in [0.15, 0.2) is 18.3 Å². The predicted molar refractivity (Wildman–Crippen MR) is 70.0 cm³/mol. The summed E-state index contributed by atoms with van der Waals surface area (Å²) >= 11 is 0. The molecule has 2 heterocycles. The van der Waals surface area contributed by atoms with Crippen LogP contribution in [0.5, 0.6) is 0 Å². The minimum atomic E-state index is -1.03. The van der Waals surface area contributed by atoms with Gasteiger partial charge in [0.1, 0.15) is 5.82 Å². The van der Waals surface area contributed by atoms with E-state index in [1.165, 1.54) is 18.3 Å². The van der Waals surface area contributed by atoms with Crippen molar-refractivity contribution in [3.8, 4) is 0 Å². The molecular weight excluding hydrogens is 246 g/mol. The maximum absolute atomic E-state index is 11.8. The molecule has 1 aromatic rings. The fraction of sp³-hybridized carbons (Fsp3) is 0.462. The average molecular weight is 263 g/mol. The van der Waals surface area contributed by atoms with E-state index in [1.807, 2.05) is 7.05 Å². The first-order valence-electron chi connectivity index (χ1n) is 6.22. The van der Waals surface area contributed by atoms with Gasteiger partial charge in [-0.15, -0.1) is 0 Å². The molecule has 0 saturated carbocycles. The number of anilines is 1. The molecular formula is C13H17N3O3. The predicted octanol–water partition coefficient (Wildman–Crippen LogP) is 1.06. The summed E-state index contributed by atoms with van der Waals surface area (Å²) < 4.78 is 0. The smallest absolute Gasteiger partial charge is 0.335 e. The summed E-state index contributed by atoms with van der Waals surface area (Å²) in [6.45, 7) is 1.95. The zero-order valence-corrected chi connectivity index (χ0v) is 10.8. The maximum atomic E-state index is 11.8. The molecule has 1 aliphatic heterocycles. The molecule has 1 aromatic heterocycles. The second kappa shape index (κ2) is 5.79. The molecule has 1 saturated heterocycles. The Kier molecular flexibility index (Phi) is 4.11. The molecule has 2 N–H and O–H groups in total. The van der Waals surface area contributed by atoms with Crippen LogP contribution in [-0.2, 0) is 4.79 Å². The van der Waals surface area contributed by atoms with Crippen molar-refractivity contribution < 1.29 is 14.7 Å². The number of rotatable bonds is 4. The first-order chi connectivity index (χ1) is 9.04. The highest BCUT2D eigenvalue weighted by Gasteiger charge is 2.22. The lowest BCUT2D eigenvalue weighted by Gasteiger charge is -2.10. The number of hydrogen-bond donors (Lipinski definition) is 2. The molecule has 1 amide bonds. The molecule has 0 aliphatic carbocycles. The molecule has 2 rings (SSSR count). The van der Waals surface area contributed by atoms with Crippen molar-refractivity contribution in [1.82, 2.24) is 9.88 Å². The fourth-order valence-electron chi connectivity index (χ4n) is 2.28. The largest absolute Gasteiger partial charge is 0.478 e. The molecule has 1 atom stereocenters. The van der Waals surface area contributed by atoms with Gasteiger partial charge >= 0.3 is 5.97 Å². The summed E-state index contributed by atoms with van der Waals surface area (Å²) in [6, 6.07) is 2.75. The van der Waals surface area contributed by atoms with Crippen molar-refractivity contribution in [1.29, 1.82) is 0 Å². The van der Waals surface area contributed by atoms with E-state index < -0.39 is 5.97 Å². The van der Waals surface area contributed by atoms with E-state index in [9.17, 15) is 9.59 Å². The third kappa shape index (κ3) is 3.75. The van der Waals surface area contributed by atoms with Gasteiger partial charge in [-0.05, 0) is 38.1 Å². The normalized spacial score (nSPS) is 19.3. The number of hydrogen-bond acceptors (Lipinski definition) is 4. The first-order valence-corrected chi connectivity index (χ1v) is 6.22. The van der Waals surface area contributed by atoms with E-state index in [1.54, 1.807) is 0 Å². The van der Waals surface area contributed by atoms with Crippen LogP contribution >= 0.6 is 0 Å². The van der Waals surface area contributed by atoms with Crippen molar-refractivity contribution in [2.24, 2.45) is 5.92 Å². The zero-order chi connectivity index (χ0) is 13.8. The number of likely N-dealkylation sites (tertiary alicyclic amines) is 1. The minimum Gasteiger partial charge on any atom is -0.478 e. The lowest BCUT2D eigenvalue weighted by atomic mass is 10.0.